The van der Waals surface area contributed by atoms with Gasteiger partial charge >= 0.3 is 0 Å². The molecule has 2 N–H and O–H groups in total. The van der Waals surface area contributed by atoms with Crippen LogP contribution in [0.1, 0.15) is 26.7 Å². The molecule has 0 saturated carbocycles. The summed E-state index contributed by atoms with van der Waals surface area (Å²) in [4.78, 5) is 18.0. The van der Waals surface area contributed by atoms with Gasteiger partial charge in [-0.2, -0.15) is 0 Å². The van der Waals surface area contributed by atoms with E-state index in [0.717, 1.165) is 25.1 Å². The topological polar surface area (TPSA) is 66.0 Å². The smallest absolute Gasteiger partial charge is 0.222 e. The van der Waals surface area contributed by atoms with Gasteiger partial charge in [0.15, 0.2) is 17.6 Å². The van der Waals surface area contributed by atoms with Crippen LogP contribution in [0, 0.1) is 11.6 Å². The summed E-state index contributed by atoms with van der Waals surface area (Å²) < 4.78 is 31.4. The number of halogens is 3. The molecule has 9 heteroatoms. The maximum Gasteiger partial charge on any atom is 0.222 e. The lowest BCUT2D eigenvalue weighted by Gasteiger charge is -2.18. The molecule has 1 amide bonds. The first kappa shape index (κ1) is 23.4. The Labute approximate surface area is 175 Å². The van der Waals surface area contributed by atoms with Gasteiger partial charge in [0, 0.05) is 38.2 Å². The van der Waals surface area contributed by atoms with E-state index < -0.39 is 11.6 Å². The monoisotopic (exact) mass is 496 g/mol. The highest BCUT2D eigenvalue weighted by Crippen LogP contribution is 2.15. The Balaban J connectivity index is 0.00000364. The molecule has 1 aromatic rings. The van der Waals surface area contributed by atoms with Gasteiger partial charge in [0.25, 0.3) is 0 Å². The highest BCUT2D eigenvalue weighted by Gasteiger charge is 2.25. The van der Waals surface area contributed by atoms with Crippen molar-refractivity contribution in [2.75, 3.05) is 32.8 Å². The minimum Gasteiger partial charge on any atom is -0.492 e. The van der Waals surface area contributed by atoms with Crippen molar-refractivity contribution >= 4 is 35.8 Å². The number of carbonyl (C=O) groups excluding carboxylic acids is 1. The number of benzene rings is 1. The fourth-order valence-electron chi connectivity index (χ4n) is 2.73. The summed E-state index contributed by atoms with van der Waals surface area (Å²) >= 11 is 0. The van der Waals surface area contributed by atoms with Gasteiger partial charge in [-0.1, -0.05) is 6.92 Å². The molecular formula is C18H27F2IN4O2. The van der Waals surface area contributed by atoms with E-state index in [9.17, 15) is 13.6 Å². The van der Waals surface area contributed by atoms with Crippen LogP contribution in [0.2, 0.25) is 0 Å². The van der Waals surface area contributed by atoms with Crippen molar-refractivity contribution in [2.45, 2.75) is 32.7 Å². The summed E-state index contributed by atoms with van der Waals surface area (Å²) in [6.07, 6.45) is 1.39. The number of nitrogens with one attached hydrogen (secondary N) is 2. The molecule has 0 radical (unpaired) electrons. The number of hydrogen-bond acceptors (Lipinski definition) is 3. The second-order valence-electron chi connectivity index (χ2n) is 6.01. The minimum atomic E-state index is -0.937. The molecule has 1 aromatic carbocycles. The maximum atomic E-state index is 13.1. The Morgan fingerprint density at radius 1 is 1.33 bits per heavy atom. The second-order valence-corrected chi connectivity index (χ2v) is 6.01. The van der Waals surface area contributed by atoms with Gasteiger partial charge in [-0.25, -0.2) is 13.8 Å². The van der Waals surface area contributed by atoms with E-state index in [-0.39, 0.29) is 48.3 Å². The largest absolute Gasteiger partial charge is 0.492 e. The third-order valence-corrected chi connectivity index (χ3v) is 4.05. The standard InChI is InChI=1S/C18H26F2N4O2.HI/c1-3-17(25)24-9-7-13(12-24)23-18(21-4-2)22-8-10-26-14-5-6-15(19)16(20)11-14;/h5-6,11,13H,3-4,7-10,12H2,1-2H3,(H2,21,22,23);1H. The Bertz CT molecular complexity index is 646. The highest BCUT2D eigenvalue weighted by molar-refractivity contribution is 14.0. The van der Waals surface area contributed by atoms with Gasteiger partial charge < -0.3 is 20.3 Å². The van der Waals surface area contributed by atoms with Crippen LogP contribution in [0.25, 0.3) is 0 Å². The van der Waals surface area contributed by atoms with Crippen molar-refractivity contribution in [1.82, 2.24) is 15.5 Å². The average Bonchev–Trinajstić information content (AvgIpc) is 3.09. The van der Waals surface area contributed by atoms with Crippen molar-refractivity contribution in [2.24, 2.45) is 4.99 Å². The number of likely N-dealkylation sites (tertiary alicyclic amines) is 1. The van der Waals surface area contributed by atoms with Crippen LogP contribution in [0.15, 0.2) is 23.2 Å². The number of ether oxygens (including phenoxy) is 1. The first-order valence-electron chi connectivity index (χ1n) is 8.94. The molecule has 1 atom stereocenters. The van der Waals surface area contributed by atoms with Gasteiger partial charge in [-0.05, 0) is 25.5 Å². The first-order chi connectivity index (χ1) is 12.5. The number of carbonyl (C=O) groups is 1. The molecule has 0 bridgehead atoms. The van der Waals surface area contributed by atoms with Crippen LogP contribution in [0.5, 0.6) is 5.75 Å². The molecule has 0 spiro atoms. The highest BCUT2D eigenvalue weighted by atomic mass is 127. The van der Waals surface area contributed by atoms with Gasteiger partial charge in [0.1, 0.15) is 12.4 Å². The molecule has 0 aromatic heterocycles. The predicted molar refractivity (Wildman–Crippen MR) is 112 cm³/mol. The van der Waals surface area contributed by atoms with E-state index in [1.807, 2.05) is 18.7 Å². The Kier molecular flexibility index (Phi) is 10.3. The predicted octanol–water partition coefficient (Wildman–Crippen LogP) is 2.53. The van der Waals surface area contributed by atoms with Gasteiger partial charge in [0.2, 0.25) is 5.91 Å². The van der Waals surface area contributed by atoms with E-state index in [1.54, 1.807) is 0 Å². The van der Waals surface area contributed by atoms with Crippen molar-refractivity contribution in [3.8, 4) is 5.75 Å². The van der Waals surface area contributed by atoms with E-state index >= 15 is 0 Å². The van der Waals surface area contributed by atoms with E-state index in [2.05, 4.69) is 15.6 Å². The maximum absolute atomic E-state index is 13.1. The molecular weight excluding hydrogens is 469 g/mol. The number of guanidine groups is 1. The van der Waals surface area contributed by atoms with Crippen molar-refractivity contribution in [3.05, 3.63) is 29.8 Å². The van der Waals surface area contributed by atoms with Crippen molar-refractivity contribution in [3.63, 3.8) is 0 Å². The van der Waals surface area contributed by atoms with Crippen LogP contribution >= 0.6 is 24.0 Å². The summed E-state index contributed by atoms with van der Waals surface area (Å²) in [6, 6.07) is 3.59. The number of hydrogen-bond donors (Lipinski definition) is 2. The fraction of sp³-hybridized carbons (Fsp3) is 0.556. The molecule has 1 heterocycles. The summed E-state index contributed by atoms with van der Waals surface area (Å²) in [6.45, 7) is 6.56. The van der Waals surface area contributed by atoms with Crippen LogP contribution in [-0.4, -0.2) is 55.6 Å². The average molecular weight is 496 g/mol. The number of amides is 1. The Morgan fingerprint density at radius 2 is 2.11 bits per heavy atom. The van der Waals surface area contributed by atoms with Gasteiger partial charge in [-0.3, -0.25) is 4.79 Å². The second kappa shape index (κ2) is 11.9. The van der Waals surface area contributed by atoms with E-state index in [0.29, 0.717) is 32.0 Å². The fourth-order valence-corrected chi connectivity index (χ4v) is 2.73. The van der Waals surface area contributed by atoms with Crippen LogP contribution in [0.4, 0.5) is 8.78 Å². The number of nitrogens with zero attached hydrogens (tertiary/aromatic N) is 2. The molecule has 27 heavy (non-hydrogen) atoms. The van der Waals surface area contributed by atoms with E-state index in [1.165, 1.54) is 6.07 Å². The third kappa shape index (κ3) is 7.47. The van der Waals surface area contributed by atoms with E-state index in [4.69, 9.17) is 4.74 Å². The first-order valence-corrected chi connectivity index (χ1v) is 8.94. The van der Waals surface area contributed by atoms with Gasteiger partial charge in [-0.15, -0.1) is 24.0 Å². The normalized spacial score (nSPS) is 16.7. The molecule has 1 unspecified atom stereocenters. The summed E-state index contributed by atoms with van der Waals surface area (Å²) in [5, 5.41) is 6.47. The molecule has 1 aliphatic heterocycles. The molecule has 1 saturated heterocycles. The zero-order valence-electron chi connectivity index (χ0n) is 15.6. The summed E-state index contributed by atoms with van der Waals surface area (Å²) in [5.74, 6) is -0.760. The van der Waals surface area contributed by atoms with Crippen LogP contribution in [-0.2, 0) is 4.79 Å². The molecule has 2 rings (SSSR count). The zero-order valence-corrected chi connectivity index (χ0v) is 18.0. The Morgan fingerprint density at radius 3 is 2.78 bits per heavy atom. The van der Waals surface area contributed by atoms with Gasteiger partial charge in [0.05, 0.1) is 6.54 Å². The Hall–Kier alpha value is -1.65. The third-order valence-electron chi connectivity index (χ3n) is 4.05. The molecule has 0 aliphatic carbocycles. The van der Waals surface area contributed by atoms with Crippen molar-refractivity contribution < 1.29 is 18.3 Å². The van der Waals surface area contributed by atoms with Crippen LogP contribution in [0.3, 0.4) is 0 Å². The van der Waals surface area contributed by atoms with Crippen molar-refractivity contribution in [1.29, 1.82) is 0 Å². The number of aliphatic imine (C=N–C) groups is 1. The molecule has 6 nitrogen and oxygen atoms in total. The summed E-state index contributed by atoms with van der Waals surface area (Å²) in [7, 11) is 0. The van der Waals surface area contributed by atoms with Crippen LogP contribution < -0.4 is 15.4 Å². The quantitative estimate of drug-likeness (QED) is 0.264. The SMILES string of the molecule is CCNC(=NCCOc1ccc(F)c(F)c1)NC1CCN(C(=O)CC)C1.I. The minimum absolute atomic E-state index is 0. The lowest BCUT2D eigenvalue weighted by atomic mass is 10.3. The molecule has 152 valence electrons. The summed E-state index contributed by atoms with van der Waals surface area (Å²) in [5.41, 5.74) is 0. The number of rotatable bonds is 7. The lowest BCUT2D eigenvalue weighted by molar-refractivity contribution is -0.129. The zero-order chi connectivity index (χ0) is 18.9. The molecule has 1 fully saturated rings. The molecule has 1 aliphatic rings. The lowest BCUT2D eigenvalue weighted by Crippen LogP contribution is -2.45.